The number of nitrogens with zero attached hydrogens (tertiary/aromatic N) is 1. The van der Waals surface area contributed by atoms with Crippen molar-refractivity contribution in [3.63, 3.8) is 0 Å². The van der Waals surface area contributed by atoms with Gasteiger partial charge in [0.1, 0.15) is 11.6 Å². The molecule has 1 rings (SSSR count). The number of benzene rings is 1. The van der Waals surface area contributed by atoms with Crippen LogP contribution in [-0.2, 0) is 19.1 Å². The molecule has 0 aromatic heterocycles. The molecule has 1 N–H and O–H groups in total. The van der Waals surface area contributed by atoms with Crippen molar-refractivity contribution in [1.29, 1.82) is 0 Å². The molecule has 0 bridgehead atoms. The Kier molecular flexibility index (Phi) is 7.42. The summed E-state index contributed by atoms with van der Waals surface area (Å²) in [6.45, 7) is 5.16. The molecule has 0 saturated heterocycles. The van der Waals surface area contributed by atoms with Crippen LogP contribution in [0.5, 0.6) is 0 Å². The summed E-state index contributed by atoms with van der Waals surface area (Å²) in [6.07, 6.45) is -0.546. The fourth-order valence-electron chi connectivity index (χ4n) is 2.07. The summed E-state index contributed by atoms with van der Waals surface area (Å²) in [5.41, 5.74) is 0.0656. The van der Waals surface area contributed by atoms with Crippen LogP contribution in [0.25, 0.3) is 0 Å². The lowest BCUT2D eigenvalue weighted by Gasteiger charge is -2.23. The van der Waals surface area contributed by atoms with Crippen molar-refractivity contribution in [2.45, 2.75) is 45.3 Å². The highest BCUT2D eigenvalue weighted by Gasteiger charge is 2.26. The second-order valence-corrected chi connectivity index (χ2v) is 6.55. The molecule has 0 aliphatic heterocycles. The minimum atomic E-state index is -0.951. The first kappa shape index (κ1) is 20.5. The number of carbonyl (C=O) groups excluding carboxylic acids is 3. The Bertz CT molecular complexity index is 595. The van der Waals surface area contributed by atoms with E-state index in [4.69, 9.17) is 4.74 Å². The van der Waals surface area contributed by atoms with Crippen LogP contribution >= 0.6 is 0 Å². The molecule has 1 unspecified atom stereocenters. The molecule has 0 radical (unpaired) electrons. The van der Waals surface area contributed by atoms with E-state index in [9.17, 15) is 14.4 Å². The number of carbonyl (C=O) groups is 3. The normalized spacial score (nSPS) is 12.0. The molecule has 25 heavy (non-hydrogen) atoms. The third-order valence-electron chi connectivity index (χ3n) is 3.34. The van der Waals surface area contributed by atoms with E-state index in [1.54, 1.807) is 27.8 Å². The molecule has 1 aromatic rings. The van der Waals surface area contributed by atoms with Gasteiger partial charge < -0.3 is 19.7 Å². The molecule has 0 aliphatic carbocycles. The summed E-state index contributed by atoms with van der Waals surface area (Å²) in [5.74, 6) is -0.799. The number of alkyl carbamates (subject to hydrolysis) is 1. The summed E-state index contributed by atoms with van der Waals surface area (Å²) in [6, 6.07) is 8.21. The molecular formula is C18H26N2O5. The van der Waals surface area contributed by atoms with E-state index in [0.29, 0.717) is 0 Å². The molecule has 0 saturated carbocycles. The summed E-state index contributed by atoms with van der Waals surface area (Å²) in [7, 11) is 2.89. The van der Waals surface area contributed by atoms with Crippen LogP contribution in [0.2, 0.25) is 0 Å². The topological polar surface area (TPSA) is 84.9 Å². The zero-order valence-electron chi connectivity index (χ0n) is 15.4. The van der Waals surface area contributed by atoms with Crippen LogP contribution in [0, 0.1) is 0 Å². The maximum absolute atomic E-state index is 12.3. The predicted octanol–water partition coefficient (Wildman–Crippen LogP) is 2.50. The number of hydrogen-bond acceptors (Lipinski definition) is 5. The van der Waals surface area contributed by atoms with Crippen molar-refractivity contribution >= 4 is 23.7 Å². The third kappa shape index (κ3) is 7.24. The number of nitrogens with one attached hydrogen (secondary N) is 1. The lowest BCUT2D eigenvalue weighted by molar-refractivity contribution is -0.143. The number of methoxy groups -OCH3 is 1. The Morgan fingerprint density at radius 1 is 1.16 bits per heavy atom. The highest BCUT2D eigenvalue weighted by atomic mass is 16.6. The van der Waals surface area contributed by atoms with Gasteiger partial charge in [0.05, 0.1) is 7.11 Å². The fraction of sp³-hybridized carbons (Fsp3) is 0.500. The van der Waals surface area contributed by atoms with E-state index >= 15 is 0 Å². The van der Waals surface area contributed by atoms with E-state index in [0.717, 1.165) is 5.69 Å². The maximum atomic E-state index is 12.3. The van der Waals surface area contributed by atoms with Gasteiger partial charge in [-0.1, -0.05) is 18.2 Å². The zero-order chi connectivity index (χ0) is 19.0. The highest BCUT2D eigenvalue weighted by molar-refractivity contribution is 5.93. The molecule has 7 nitrogen and oxygen atoms in total. The molecule has 1 aromatic carbocycles. The van der Waals surface area contributed by atoms with Gasteiger partial charge in [0.15, 0.2) is 0 Å². The molecule has 0 heterocycles. The lowest BCUT2D eigenvalue weighted by Crippen LogP contribution is -2.44. The van der Waals surface area contributed by atoms with E-state index in [1.807, 2.05) is 30.3 Å². The molecule has 0 spiro atoms. The van der Waals surface area contributed by atoms with Crippen molar-refractivity contribution in [3.8, 4) is 0 Å². The average Bonchev–Trinajstić information content (AvgIpc) is 2.56. The first-order chi connectivity index (χ1) is 11.6. The van der Waals surface area contributed by atoms with Crippen LogP contribution < -0.4 is 10.2 Å². The van der Waals surface area contributed by atoms with Crippen LogP contribution in [0.1, 0.15) is 33.6 Å². The standard InChI is InChI=1S/C18H26N2O5/c1-18(2,3)25-17(23)19-14(16(22)24-5)11-12-15(21)20(4)13-9-7-6-8-10-13/h6-10,14H,11-12H2,1-5H3,(H,19,23). The predicted molar refractivity (Wildman–Crippen MR) is 94.3 cm³/mol. The van der Waals surface area contributed by atoms with Crippen molar-refractivity contribution in [2.24, 2.45) is 0 Å². The van der Waals surface area contributed by atoms with Gasteiger partial charge in [0.2, 0.25) is 5.91 Å². The SMILES string of the molecule is COC(=O)C(CCC(=O)N(C)c1ccccc1)NC(=O)OC(C)(C)C. The Balaban J connectivity index is 2.65. The number of rotatable bonds is 6. The van der Waals surface area contributed by atoms with Gasteiger partial charge in [-0.3, -0.25) is 4.79 Å². The molecule has 0 fully saturated rings. The highest BCUT2D eigenvalue weighted by Crippen LogP contribution is 2.14. The summed E-state index contributed by atoms with van der Waals surface area (Å²) in [4.78, 5) is 37.5. The average molecular weight is 350 g/mol. The first-order valence-corrected chi connectivity index (χ1v) is 8.03. The second-order valence-electron chi connectivity index (χ2n) is 6.55. The van der Waals surface area contributed by atoms with Gasteiger partial charge in [-0.05, 0) is 39.3 Å². The van der Waals surface area contributed by atoms with Crippen LogP contribution in [0.15, 0.2) is 30.3 Å². The maximum Gasteiger partial charge on any atom is 0.408 e. The van der Waals surface area contributed by atoms with Crippen molar-refractivity contribution in [1.82, 2.24) is 5.32 Å². The van der Waals surface area contributed by atoms with Crippen molar-refractivity contribution < 1.29 is 23.9 Å². The summed E-state index contributed by atoms with van der Waals surface area (Å²) >= 11 is 0. The Morgan fingerprint density at radius 3 is 2.28 bits per heavy atom. The monoisotopic (exact) mass is 350 g/mol. The Hall–Kier alpha value is -2.57. The van der Waals surface area contributed by atoms with Gasteiger partial charge in [-0.15, -0.1) is 0 Å². The molecule has 7 heteroatoms. The smallest absolute Gasteiger partial charge is 0.408 e. The molecular weight excluding hydrogens is 324 g/mol. The zero-order valence-corrected chi connectivity index (χ0v) is 15.4. The lowest BCUT2D eigenvalue weighted by atomic mass is 10.1. The third-order valence-corrected chi connectivity index (χ3v) is 3.34. The molecule has 0 aliphatic rings. The number of anilines is 1. The van der Waals surface area contributed by atoms with Gasteiger partial charge in [-0.25, -0.2) is 9.59 Å². The number of amides is 2. The van der Waals surface area contributed by atoms with Gasteiger partial charge in [0.25, 0.3) is 0 Å². The van der Waals surface area contributed by atoms with E-state index in [-0.39, 0.29) is 18.7 Å². The summed E-state index contributed by atoms with van der Waals surface area (Å²) in [5, 5.41) is 2.45. The van der Waals surface area contributed by atoms with Crippen LogP contribution in [0.4, 0.5) is 10.5 Å². The van der Waals surface area contributed by atoms with E-state index < -0.39 is 23.7 Å². The Labute approximate surface area is 148 Å². The molecule has 2 amide bonds. The first-order valence-electron chi connectivity index (χ1n) is 8.03. The molecule has 138 valence electrons. The Morgan fingerprint density at radius 2 is 1.76 bits per heavy atom. The summed E-state index contributed by atoms with van der Waals surface area (Å²) < 4.78 is 9.82. The number of hydrogen-bond donors (Lipinski definition) is 1. The van der Waals surface area contributed by atoms with E-state index in [1.165, 1.54) is 12.0 Å². The minimum absolute atomic E-state index is 0.0704. The van der Waals surface area contributed by atoms with Gasteiger partial charge in [-0.2, -0.15) is 0 Å². The van der Waals surface area contributed by atoms with Crippen molar-refractivity contribution in [2.75, 3.05) is 19.1 Å². The second kappa shape index (κ2) is 9.05. The largest absolute Gasteiger partial charge is 0.467 e. The quantitative estimate of drug-likeness (QED) is 0.797. The van der Waals surface area contributed by atoms with Crippen molar-refractivity contribution in [3.05, 3.63) is 30.3 Å². The number of ether oxygens (including phenoxy) is 2. The number of esters is 1. The molecule has 1 atom stereocenters. The number of para-hydroxylation sites is 1. The van der Waals surface area contributed by atoms with Crippen LogP contribution in [0.3, 0.4) is 0 Å². The van der Waals surface area contributed by atoms with Gasteiger partial charge in [0, 0.05) is 19.2 Å². The van der Waals surface area contributed by atoms with E-state index in [2.05, 4.69) is 10.1 Å². The fourth-order valence-corrected chi connectivity index (χ4v) is 2.07. The van der Waals surface area contributed by atoms with Crippen LogP contribution in [-0.4, -0.2) is 43.8 Å². The minimum Gasteiger partial charge on any atom is -0.467 e. The van der Waals surface area contributed by atoms with Gasteiger partial charge >= 0.3 is 12.1 Å².